The second-order valence-corrected chi connectivity index (χ2v) is 3.25. The maximum absolute atomic E-state index is 11.1. The van der Waals surface area contributed by atoms with E-state index in [1.165, 1.54) is 7.11 Å². The molecule has 0 aliphatic carbocycles. The van der Waals surface area contributed by atoms with Gasteiger partial charge in [-0.05, 0) is 13.0 Å². The monoisotopic (exact) mass is 209 g/mol. The van der Waals surface area contributed by atoms with E-state index in [0.29, 0.717) is 6.54 Å². The number of rotatable bonds is 4. The fraction of sp³-hybridized carbons (Fsp3) is 0.364. The lowest BCUT2D eigenvalue weighted by atomic mass is 10.2. The molecule has 0 heterocycles. The van der Waals surface area contributed by atoms with E-state index in [0.717, 1.165) is 5.56 Å². The van der Waals surface area contributed by atoms with Gasteiger partial charge >= 0.3 is 5.97 Å². The Hall–Kier alpha value is -1.55. The molecule has 2 N–H and O–H groups in total. The number of nitrogens with one attached hydrogen (secondary N) is 1. The number of hydrogen-bond donors (Lipinski definition) is 2. The van der Waals surface area contributed by atoms with E-state index in [1.807, 2.05) is 6.07 Å². The number of phenolic OH excluding ortho intramolecular Hbond substituents is 1. The van der Waals surface area contributed by atoms with Gasteiger partial charge < -0.3 is 15.2 Å². The van der Waals surface area contributed by atoms with E-state index in [1.54, 1.807) is 25.1 Å². The third-order valence-electron chi connectivity index (χ3n) is 2.15. The highest BCUT2D eigenvalue weighted by Gasteiger charge is 2.12. The van der Waals surface area contributed by atoms with Crippen molar-refractivity contribution in [1.82, 2.24) is 5.32 Å². The maximum Gasteiger partial charge on any atom is 0.322 e. The van der Waals surface area contributed by atoms with Crippen molar-refractivity contribution in [3.05, 3.63) is 29.8 Å². The number of carbonyl (C=O) groups excluding carboxylic acids is 1. The Morgan fingerprint density at radius 2 is 2.20 bits per heavy atom. The minimum atomic E-state index is -0.380. The van der Waals surface area contributed by atoms with Gasteiger partial charge in [-0.15, -0.1) is 0 Å². The zero-order valence-corrected chi connectivity index (χ0v) is 8.86. The van der Waals surface area contributed by atoms with Gasteiger partial charge in [-0.3, -0.25) is 4.79 Å². The highest BCUT2D eigenvalue weighted by Crippen LogP contribution is 2.14. The lowest BCUT2D eigenvalue weighted by Crippen LogP contribution is -2.34. The average Bonchev–Trinajstić information content (AvgIpc) is 2.26. The van der Waals surface area contributed by atoms with E-state index in [4.69, 9.17) is 0 Å². The van der Waals surface area contributed by atoms with Crippen molar-refractivity contribution in [3.63, 3.8) is 0 Å². The SMILES string of the molecule is COC(=O)C(C)NCc1ccccc1O. The number of methoxy groups -OCH3 is 1. The summed E-state index contributed by atoms with van der Waals surface area (Å²) in [5, 5.41) is 12.4. The van der Waals surface area contributed by atoms with Crippen LogP contribution in [-0.4, -0.2) is 24.2 Å². The molecule has 0 saturated carbocycles. The Bertz CT molecular complexity index is 338. The molecule has 0 bridgehead atoms. The Morgan fingerprint density at radius 1 is 1.53 bits per heavy atom. The fourth-order valence-corrected chi connectivity index (χ4v) is 1.18. The van der Waals surface area contributed by atoms with Crippen LogP contribution in [0.15, 0.2) is 24.3 Å². The van der Waals surface area contributed by atoms with E-state index in [2.05, 4.69) is 10.1 Å². The molecule has 0 spiro atoms. The number of para-hydroxylation sites is 1. The molecule has 1 rings (SSSR count). The van der Waals surface area contributed by atoms with Gasteiger partial charge in [0.25, 0.3) is 0 Å². The van der Waals surface area contributed by atoms with Crippen LogP contribution in [0.2, 0.25) is 0 Å². The number of hydrogen-bond acceptors (Lipinski definition) is 4. The van der Waals surface area contributed by atoms with Crippen LogP contribution in [0.3, 0.4) is 0 Å². The molecular formula is C11H15NO3. The molecule has 82 valence electrons. The zero-order valence-electron chi connectivity index (χ0n) is 8.86. The molecule has 0 aliphatic heterocycles. The van der Waals surface area contributed by atoms with Gasteiger partial charge in [-0.25, -0.2) is 0 Å². The third-order valence-corrected chi connectivity index (χ3v) is 2.15. The van der Waals surface area contributed by atoms with Crippen LogP contribution in [-0.2, 0) is 16.1 Å². The first-order valence-electron chi connectivity index (χ1n) is 4.73. The van der Waals surface area contributed by atoms with Crippen LogP contribution in [0.4, 0.5) is 0 Å². The normalized spacial score (nSPS) is 12.1. The molecule has 0 aliphatic rings. The molecule has 0 saturated heterocycles. The summed E-state index contributed by atoms with van der Waals surface area (Å²) in [4.78, 5) is 11.1. The molecule has 0 amide bonds. The summed E-state index contributed by atoms with van der Waals surface area (Å²) in [6, 6.07) is 6.61. The minimum Gasteiger partial charge on any atom is -0.508 e. The van der Waals surface area contributed by atoms with Crippen molar-refractivity contribution in [3.8, 4) is 5.75 Å². The fourth-order valence-electron chi connectivity index (χ4n) is 1.18. The number of benzene rings is 1. The van der Waals surface area contributed by atoms with Gasteiger partial charge in [0.05, 0.1) is 7.11 Å². The average molecular weight is 209 g/mol. The van der Waals surface area contributed by atoms with E-state index >= 15 is 0 Å². The predicted octanol–water partition coefficient (Wildman–Crippen LogP) is 1.04. The van der Waals surface area contributed by atoms with Crippen molar-refractivity contribution in [1.29, 1.82) is 0 Å². The topological polar surface area (TPSA) is 58.6 Å². The Kier molecular flexibility index (Phi) is 4.12. The van der Waals surface area contributed by atoms with Gasteiger partial charge in [0.15, 0.2) is 0 Å². The Balaban J connectivity index is 2.50. The van der Waals surface area contributed by atoms with Crippen LogP contribution < -0.4 is 5.32 Å². The molecule has 15 heavy (non-hydrogen) atoms. The highest BCUT2D eigenvalue weighted by molar-refractivity contribution is 5.75. The number of phenols is 1. The summed E-state index contributed by atoms with van der Waals surface area (Å²) >= 11 is 0. The molecule has 1 aromatic carbocycles. The van der Waals surface area contributed by atoms with Gasteiger partial charge in [0.2, 0.25) is 0 Å². The van der Waals surface area contributed by atoms with E-state index in [-0.39, 0.29) is 17.8 Å². The van der Waals surface area contributed by atoms with E-state index in [9.17, 15) is 9.90 Å². The number of aromatic hydroxyl groups is 1. The molecule has 0 fully saturated rings. The van der Waals surface area contributed by atoms with E-state index < -0.39 is 0 Å². The van der Waals surface area contributed by atoms with Crippen molar-refractivity contribution < 1.29 is 14.6 Å². The van der Waals surface area contributed by atoms with Crippen LogP contribution >= 0.6 is 0 Å². The Morgan fingerprint density at radius 3 is 2.80 bits per heavy atom. The van der Waals surface area contributed by atoms with Crippen LogP contribution in [0.25, 0.3) is 0 Å². The van der Waals surface area contributed by atoms with Gasteiger partial charge in [0, 0.05) is 12.1 Å². The molecular weight excluding hydrogens is 194 g/mol. The smallest absolute Gasteiger partial charge is 0.322 e. The lowest BCUT2D eigenvalue weighted by molar-refractivity contribution is -0.142. The van der Waals surface area contributed by atoms with Crippen LogP contribution in [0, 0.1) is 0 Å². The maximum atomic E-state index is 11.1. The highest BCUT2D eigenvalue weighted by atomic mass is 16.5. The number of esters is 1. The second-order valence-electron chi connectivity index (χ2n) is 3.25. The summed E-state index contributed by atoms with van der Waals surface area (Å²) < 4.78 is 4.57. The molecule has 4 heteroatoms. The van der Waals surface area contributed by atoms with Crippen LogP contribution in [0.5, 0.6) is 5.75 Å². The number of carbonyl (C=O) groups is 1. The third kappa shape index (κ3) is 3.25. The molecule has 4 nitrogen and oxygen atoms in total. The van der Waals surface area contributed by atoms with Gasteiger partial charge in [0.1, 0.15) is 11.8 Å². The first-order valence-corrected chi connectivity index (χ1v) is 4.73. The first-order chi connectivity index (χ1) is 7.15. The largest absolute Gasteiger partial charge is 0.508 e. The first kappa shape index (κ1) is 11.5. The summed E-state index contributed by atoms with van der Waals surface area (Å²) in [5.74, 6) is -0.0903. The van der Waals surface area contributed by atoms with Crippen molar-refractivity contribution in [2.24, 2.45) is 0 Å². The zero-order chi connectivity index (χ0) is 11.3. The lowest BCUT2D eigenvalue weighted by Gasteiger charge is -2.11. The van der Waals surface area contributed by atoms with Crippen molar-refractivity contribution >= 4 is 5.97 Å². The van der Waals surface area contributed by atoms with Gasteiger partial charge in [-0.1, -0.05) is 18.2 Å². The van der Waals surface area contributed by atoms with Crippen molar-refractivity contribution in [2.75, 3.05) is 7.11 Å². The Labute approximate surface area is 88.9 Å². The standard InChI is InChI=1S/C11H15NO3/c1-8(11(14)15-2)12-7-9-5-3-4-6-10(9)13/h3-6,8,12-13H,7H2,1-2H3. The molecule has 1 atom stereocenters. The summed E-state index contributed by atoms with van der Waals surface area (Å²) in [6.07, 6.45) is 0. The summed E-state index contributed by atoms with van der Waals surface area (Å²) in [6.45, 7) is 2.15. The quantitative estimate of drug-likeness (QED) is 0.727. The molecule has 1 unspecified atom stereocenters. The molecule has 0 aromatic heterocycles. The summed E-state index contributed by atoms with van der Waals surface area (Å²) in [7, 11) is 1.35. The molecule has 1 aromatic rings. The number of ether oxygens (including phenoxy) is 1. The molecule has 0 radical (unpaired) electrons. The van der Waals surface area contributed by atoms with Crippen molar-refractivity contribution in [2.45, 2.75) is 19.5 Å². The minimum absolute atomic E-state index is 0.224. The van der Waals surface area contributed by atoms with Gasteiger partial charge in [-0.2, -0.15) is 0 Å². The predicted molar refractivity (Wildman–Crippen MR) is 56.4 cm³/mol. The summed E-state index contributed by atoms with van der Waals surface area (Å²) in [5.41, 5.74) is 0.758. The van der Waals surface area contributed by atoms with Crippen LogP contribution in [0.1, 0.15) is 12.5 Å². The second kappa shape index (κ2) is 5.36.